The van der Waals surface area contributed by atoms with Crippen molar-refractivity contribution in [1.82, 2.24) is 4.90 Å². The lowest BCUT2D eigenvalue weighted by Crippen LogP contribution is -2.37. The largest absolute Gasteiger partial charge is 0.507 e. The number of fused-ring (bicyclic) bond motifs is 3. The van der Waals surface area contributed by atoms with Crippen LogP contribution >= 0.6 is 15.9 Å². The van der Waals surface area contributed by atoms with Crippen LogP contribution in [0.25, 0.3) is 6.08 Å². The van der Waals surface area contributed by atoms with Crippen LogP contribution in [0.15, 0.2) is 39.4 Å². The zero-order valence-electron chi connectivity index (χ0n) is 19.7. The lowest BCUT2D eigenvalue weighted by molar-refractivity contribution is -0.137. The van der Waals surface area contributed by atoms with Crippen LogP contribution in [0.5, 0.6) is 5.75 Å². The summed E-state index contributed by atoms with van der Waals surface area (Å²) in [6, 6.07) is 5.38. The number of benzene rings is 1. The van der Waals surface area contributed by atoms with Gasteiger partial charge in [-0.25, -0.2) is 4.79 Å². The van der Waals surface area contributed by atoms with Crippen molar-refractivity contribution in [3.8, 4) is 5.75 Å². The monoisotopic (exact) mass is 531 g/mol. The molecule has 1 N–H and O–H groups in total. The fourth-order valence-corrected chi connectivity index (χ4v) is 6.05. The number of hydrogen-bond acceptors (Lipinski definition) is 6. The maximum absolute atomic E-state index is 13.0. The molecule has 8 heteroatoms. The van der Waals surface area contributed by atoms with E-state index in [9.17, 15) is 19.5 Å². The summed E-state index contributed by atoms with van der Waals surface area (Å²) >= 11 is 3.46. The van der Waals surface area contributed by atoms with Crippen LogP contribution in [-0.4, -0.2) is 47.7 Å². The number of ether oxygens (including phenoxy) is 2. The highest BCUT2D eigenvalue weighted by Gasteiger charge is 2.58. The Bertz CT molecular complexity index is 1080. The van der Waals surface area contributed by atoms with Gasteiger partial charge in [-0.15, -0.1) is 0 Å². The van der Waals surface area contributed by atoms with E-state index in [4.69, 9.17) is 4.74 Å². The van der Waals surface area contributed by atoms with E-state index in [1.54, 1.807) is 12.1 Å². The predicted molar refractivity (Wildman–Crippen MR) is 130 cm³/mol. The summed E-state index contributed by atoms with van der Waals surface area (Å²) in [5.74, 6) is -1.99. The van der Waals surface area contributed by atoms with Crippen molar-refractivity contribution in [2.75, 3.05) is 13.7 Å². The number of imide groups is 3. The van der Waals surface area contributed by atoms with Gasteiger partial charge < -0.3 is 14.6 Å². The predicted octanol–water partition coefficient (Wildman–Crippen LogP) is 5.22. The fraction of sp³-hybridized carbons (Fsp3) is 0.500. The molecule has 0 aromatic heterocycles. The van der Waals surface area contributed by atoms with E-state index < -0.39 is 29.7 Å². The lowest BCUT2D eigenvalue weighted by atomic mass is 9.70. The summed E-state index contributed by atoms with van der Waals surface area (Å²) in [5, 5.41) is 10.2. The number of halogens is 1. The molecular formula is C26H30BrNO6. The Kier molecular flexibility index (Phi) is 7.28. The molecule has 0 bridgehead atoms. The fourth-order valence-electron chi connectivity index (χ4n) is 5.67. The first-order valence-corrected chi connectivity index (χ1v) is 12.5. The number of hydrogen-bond donors (Lipinski definition) is 1. The molecular weight excluding hydrogens is 502 g/mol. The molecule has 0 radical (unpaired) electrons. The highest BCUT2D eigenvalue weighted by molar-refractivity contribution is 9.10. The Morgan fingerprint density at radius 1 is 1.26 bits per heavy atom. The van der Waals surface area contributed by atoms with E-state index in [0.29, 0.717) is 17.9 Å². The number of methoxy groups -OCH3 is 1. The number of carbonyl (C=O) groups excluding carboxylic acids is 3. The van der Waals surface area contributed by atoms with Crippen LogP contribution in [0.1, 0.15) is 51.5 Å². The Labute approximate surface area is 207 Å². The molecule has 2 fully saturated rings. The van der Waals surface area contributed by atoms with Gasteiger partial charge in [-0.3, -0.25) is 9.59 Å². The number of likely N-dealkylation sites (tertiary alicyclic amines) is 1. The van der Waals surface area contributed by atoms with Crippen molar-refractivity contribution >= 4 is 39.9 Å². The highest BCUT2D eigenvalue weighted by atomic mass is 79.9. The molecule has 2 aliphatic heterocycles. The number of rotatable bonds is 6. The Balaban J connectivity index is 1.53. The van der Waals surface area contributed by atoms with Crippen molar-refractivity contribution in [1.29, 1.82) is 0 Å². The molecule has 34 heavy (non-hydrogen) atoms. The number of phenols is 1. The van der Waals surface area contributed by atoms with Crippen molar-refractivity contribution in [3.05, 3.63) is 45.0 Å². The number of aromatic hydroxyl groups is 1. The third kappa shape index (κ3) is 4.45. The minimum absolute atomic E-state index is 0.127. The standard InChI is InChI=1S/C26H30BrNO6/c1-4-5-15(11-16-12-17(27)7-8-20(16)29)6-9-21-22-14(2)10-18-23(19(22)13-34-21)25(31)28(24(18)30)26(32)33-3/h7-8,11-12,18-19,21,23,29H,4-6,9-10,13H2,1-3H3/b15-11+/t18-,19+,21-,23-/m1/s1. The lowest BCUT2D eigenvalue weighted by Gasteiger charge is -2.30. The molecule has 3 aliphatic rings. The highest BCUT2D eigenvalue weighted by Crippen LogP contribution is 2.49. The smallest absolute Gasteiger partial charge is 0.423 e. The summed E-state index contributed by atoms with van der Waals surface area (Å²) in [4.78, 5) is 38.5. The second kappa shape index (κ2) is 10.0. The zero-order valence-corrected chi connectivity index (χ0v) is 21.3. The number of allylic oxidation sites excluding steroid dienone is 2. The molecule has 182 valence electrons. The Morgan fingerprint density at radius 3 is 2.74 bits per heavy atom. The first-order valence-electron chi connectivity index (χ1n) is 11.7. The molecule has 0 spiro atoms. The van der Waals surface area contributed by atoms with Gasteiger partial charge in [0, 0.05) is 16.0 Å². The van der Waals surface area contributed by atoms with Crippen LogP contribution in [0, 0.1) is 17.8 Å². The molecule has 0 saturated carbocycles. The second-order valence-electron chi connectivity index (χ2n) is 9.28. The minimum atomic E-state index is -0.913. The molecule has 0 unspecified atom stereocenters. The second-order valence-corrected chi connectivity index (χ2v) is 10.2. The van der Waals surface area contributed by atoms with E-state index >= 15 is 0 Å². The summed E-state index contributed by atoms with van der Waals surface area (Å²) in [5.41, 5.74) is 4.18. The maximum atomic E-state index is 13.0. The number of phenolic OH excluding ortho intramolecular Hbond substituents is 1. The van der Waals surface area contributed by atoms with Gasteiger partial charge >= 0.3 is 6.09 Å². The van der Waals surface area contributed by atoms with Crippen LogP contribution in [0.4, 0.5) is 4.79 Å². The normalized spacial score (nSPS) is 26.7. The van der Waals surface area contributed by atoms with E-state index in [-0.39, 0.29) is 17.8 Å². The van der Waals surface area contributed by atoms with Gasteiger partial charge in [0.05, 0.1) is 31.7 Å². The number of amides is 3. The zero-order chi connectivity index (χ0) is 24.6. The average Bonchev–Trinajstić information content (AvgIpc) is 3.33. The topological polar surface area (TPSA) is 93.1 Å². The summed E-state index contributed by atoms with van der Waals surface area (Å²) in [7, 11) is 1.17. The summed E-state index contributed by atoms with van der Waals surface area (Å²) < 4.78 is 11.7. The molecule has 1 aromatic rings. The molecule has 7 nitrogen and oxygen atoms in total. The first-order chi connectivity index (χ1) is 16.3. The molecule has 3 amide bonds. The minimum Gasteiger partial charge on any atom is -0.507 e. The molecule has 4 atom stereocenters. The van der Waals surface area contributed by atoms with E-state index in [2.05, 4.69) is 27.6 Å². The molecule has 1 aromatic carbocycles. The van der Waals surface area contributed by atoms with Crippen LogP contribution in [0.3, 0.4) is 0 Å². The van der Waals surface area contributed by atoms with Crippen LogP contribution < -0.4 is 0 Å². The molecule has 1 aliphatic carbocycles. The number of carbonyl (C=O) groups is 3. The third-order valence-electron chi connectivity index (χ3n) is 7.16. The Morgan fingerprint density at radius 2 is 2.03 bits per heavy atom. The van der Waals surface area contributed by atoms with E-state index in [1.807, 2.05) is 19.1 Å². The van der Waals surface area contributed by atoms with Gasteiger partial charge in [0.25, 0.3) is 0 Å². The van der Waals surface area contributed by atoms with Crippen molar-refractivity contribution in [2.45, 2.75) is 52.1 Å². The Hall–Kier alpha value is -2.45. The average molecular weight is 532 g/mol. The van der Waals surface area contributed by atoms with Gasteiger partial charge in [0.2, 0.25) is 11.8 Å². The molecule has 2 heterocycles. The van der Waals surface area contributed by atoms with Gasteiger partial charge in [-0.2, -0.15) is 4.90 Å². The van der Waals surface area contributed by atoms with Crippen molar-refractivity contribution in [3.63, 3.8) is 0 Å². The van der Waals surface area contributed by atoms with E-state index in [1.165, 1.54) is 12.7 Å². The van der Waals surface area contributed by atoms with Gasteiger partial charge in [0.1, 0.15) is 5.75 Å². The third-order valence-corrected chi connectivity index (χ3v) is 7.65. The first kappa shape index (κ1) is 24.7. The van der Waals surface area contributed by atoms with Gasteiger partial charge in [0.15, 0.2) is 0 Å². The van der Waals surface area contributed by atoms with Crippen LogP contribution in [0.2, 0.25) is 0 Å². The van der Waals surface area contributed by atoms with Crippen molar-refractivity contribution < 1.29 is 29.0 Å². The maximum Gasteiger partial charge on any atom is 0.423 e. The SMILES string of the molecule is CCC/C(=C\c1cc(Br)ccc1O)CC[C@H]1OC[C@H]2C1=C(C)C[C@H]1C(=O)N(C(=O)OC)C(=O)[C@H]12. The quantitative estimate of drug-likeness (QED) is 0.399. The number of nitrogens with zero attached hydrogens (tertiary/aromatic N) is 1. The van der Waals surface area contributed by atoms with E-state index in [0.717, 1.165) is 46.9 Å². The van der Waals surface area contributed by atoms with Gasteiger partial charge in [-0.05, 0) is 56.4 Å². The summed E-state index contributed by atoms with van der Waals surface area (Å²) in [6.07, 6.45) is 4.90. The van der Waals surface area contributed by atoms with Crippen LogP contribution in [-0.2, 0) is 19.1 Å². The molecule has 2 saturated heterocycles. The van der Waals surface area contributed by atoms with Crippen molar-refractivity contribution in [2.24, 2.45) is 17.8 Å². The summed E-state index contributed by atoms with van der Waals surface area (Å²) in [6.45, 7) is 4.49. The molecule has 4 rings (SSSR count). The van der Waals surface area contributed by atoms with Gasteiger partial charge in [-0.1, -0.05) is 46.5 Å².